The fourth-order valence-corrected chi connectivity index (χ4v) is 2.96. The average Bonchev–Trinajstić information content (AvgIpc) is 2.74. The standard InChI is InChI=1S/C14H21N5O/c1-5-19-13-12(11(4)17-19)15-8-16-14(13)18-6-9(2)20-10(3)7-18/h8-10H,5-7H2,1-4H3/t9-,10-/m0/s1. The Bertz CT molecular complexity index is 613. The zero-order chi connectivity index (χ0) is 14.3. The van der Waals surface area contributed by atoms with Crippen LogP contribution in [0.25, 0.3) is 11.0 Å². The van der Waals surface area contributed by atoms with Gasteiger partial charge in [0.25, 0.3) is 0 Å². The minimum Gasteiger partial charge on any atom is -0.372 e. The molecule has 3 rings (SSSR count). The summed E-state index contributed by atoms with van der Waals surface area (Å²) < 4.78 is 7.80. The van der Waals surface area contributed by atoms with Gasteiger partial charge in [0.1, 0.15) is 17.4 Å². The summed E-state index contributed by atoms with van der Waals surface area (Å²) in [6, 6.07) is 0. The third-order valence-corrected chi connectivity index (χ3v) is 3.69. The number of aryl methyl sites for hydroxylation is 2. The van der Waals surface area contributed by atoms with Crippen molar-refractivity contribution in [3.63, 3.8) is 0 Å². The predicted molar refractivity (Wildman–Crippen MR) is 78.0 cm³/mol. The lowest BCUT2D eigenvalue weighted by Gasteiger charge is -2.36. The summed E-state index contributed by atoms with van der Waals surface area (Å²) >= 11 is 0. The highest BCUT2D eigenvalue weighted by Gasteiger charge is 2.26. The second kappa shape index (κ2) is 5.01. The summed E-state index contributed by atoms with van der Waals surface area (Å²) in [5, 5.41) is 4.56. The molecule has 0 N–H and O–H groups in total. The fourth-order valence-electron chi connectivity index (χ4n) is 2.96. The van der Waals surface area contributed by atoms with E-state index in [1.54, 1.807) is 6.33 Å². The van der Waals surface area contributed by atoms with Crippen molar-refractivity contribution in [2.75, 3.05) is 18.0 Å². The van der Waals surface area contributed by atoms with Crippen LogP contribution in [0, 0.1) is 6.92 Å². The van der Waals surface area contributed by atoms with Gasteiger partial charge in [-0.2, -0.15) is 5.10 Å². The summed E-state index contributed by atoms with van der Waals surface area (Å²) in [4.78, 5) is 11.2. The van der Waals surface area contributed by atoms with Crippen molar-refractivity contribution in [3.8, 4) is 0 Å². The van der Waals surface area contributed by atoms with Crippen molar-refractivity contribution >= 4 is 16.9 Å². The van der Waals surface area contributed by atoms with Crippen LogP contribution in [0.5, 0.6) is 0 Å². The van der Waals surface area contributed by atoms with E-state index in [9.17, 15) is 0 Å². The van der Waals surface area contributed by atoms with Gasteiger partial charge in [0, 0.05) is 19.6 Å². The first-order valence-electron chi connectivity index (χ1n) is 7.18. The van der Waals surface area contributed by atoms with E-state index < -0.39 is 0 Å². The van der Waals surface area contributed by atoms with Crippen LogP contribution < -0.4 is 4.90 Å². The minimum absolute atomic E-state index is 0.211. The van der Waals surface area contributed by atoms with Gasteiger partial charge >= 0.3 is 0 Å². The molecule has 0 unspecified atom stereocenters. The summed E-state index contributed by atoms with van der Waals surface area (Å²) in [6.45, 7) is 10.8. The lowest BCUT2D eigenvalue weighted by atomic mass is 10.2. The van der Waals surface area contributed by atoms with Crippen molar-refractivity contribution in [1.29, 1.82) is 0 Å². The smallest absolute Gasteiger partial charge is 0.158 e. The van der Waals surface area contributed by atoms with E-state index in [1.165, 1.54) is 0 Å². The molecule has 0 spiro atoms. The number of morpholine rings is 1. The molecule has 0 radical (unpaired) electrons. The van der Waals surface area contributed by atoms with Crippen LogP contribution in [0.2, 0.25) is 0 Å². The van der Waals surface area contributed by atoms with Gasteiger partial charge in [-0.1, -0.05) is 0 Å². The van der Waals surface area contributed by atoms with Crippen molar-refractivity contribution in [1.82, 2.24) is 19.7 Å². The van der Waals surface area contributed by atoms with Gasteiger partial charge in [0.05, 0.1) is 17.9 Å². The van der Waals surface area contributed by atoms with E-state index in [-0.39, 0.29) is 12.2 Å². The van der Waals surface area contributed by atoms with E-state index in [1.807, 2.05) is 11.6 Å². The molecule has 2 aromatic rings. The van der Waals surface area contributed by atoms with Gasteiger partial charge in [-0.25, -0.2) is 9.97 Å². The quantitative estimate of drug-likeness (QED) is 0.836. The molecule has 2 atom stereocenters. The Morgan fingerprint density at radius 2 is 1.95 bits per heavy atom. The largest absolute Gasteiger partial charge is 0.372 e. The Labute approximate surface area is 118 Å². The first-order chi connectivity index (χ1) is 9.60. The molecule has 3 heterocycles. The van der Waals surface area contributed by atoms with Crippen molar-refractivity contribution in [3.05, 3.63) is 12.0 Å². The molecule has 0 aliphatic carbocycles. The maximum atomic E-state index is 5.80. The molecule has 0 amide bonds. The van der Waals surface area contributed by atoms with Crippen LogP contribution in [0.1, 0.15) is 26.5 Å². The number of rotatable bonds is 2. The molecule has 6 heteroatoms. The summed E-state index contributed by atoms with van der Waals surface area (Å²) in [7, 11) is 0. The van der Waals surface area contributed by atoms with Crippen molar-refractivity contribution < 1.29 is 4.74 Å². The van der Waals surface area contributed by atoms with Crippen LogP contribution in [-0.2, 0) is 11.3 Å². The monoisotopic (exact) mass is 275 g/mol. The highest BCUT2D eigenvalue weighted by atomic mass is 16.5. The van der Waals surface area contributed by atoms with Gasteiger partial charge in [-0.15, -0.1) is 0 Å². The topological polar surface area (TPSA) is 56.1 Å². The Morgan fingerprint density at radius 1 is 1.25 bits per heavy atom. The molecule has 1 fully saturated rings. The number of ether oxygens (including phenoxy) is 1. The van der Waals surface area contributed by atoms with Crippen LogP contribution >= 0.6 is 0 Å². The Balaban J connectivity index is 2.11. The summed E-state index contributed by atoms with van der Waals surface area (Å²) in [6.07, 6.45) is 2.06. The normalized spacial score (nSPS) is 23.5. The van der Waals surface area contributed by atoms with Gasteiger partial charge in [0.2, 0.25) is 0 Å². The van der Waals surface area contributed by atoms with Crippen LogP contribution in [0.3, 0.4) is 0 Å². The maximum Gasteiger partial charge on any atom is 0.158 e. The highest BCUT2D eigenvalue weighted by Crippen LogP contribution is 2.27. The molecule has 2 aromatic heterocycles. The third-order valence-electron chi connectivity index (χ3n) is 3.69. The minimum atomic E-state index is 0.211. The maximum absolute atomic E-state index is 5.80. The van der Waals surface area contributed by atoms with Gasteiger partial charge in [-0.05, 0) is 27.7 Å². The van der Waals surface area contributed by atoms with Gasteiger partial charge in [-0.3, -0.25) is 4.68 Å². The SMILES string of the molecule is CCn1nc(C)c2ncnc(N3C[C@H](C)O[C@@H](C)C3)c21. The molecule has 20 heavy (non-hydrogen) atoms. The van der Waals surface area contributed by atoms with Crippen molar-refractivity contribution in [2.45, 2.75) is 46.4 Å². The van der Waals surface area contributed by atoms with Crippen LogP contribution in [0.15, 0.2) is 6.33 Å². The fraction of sp³-hybridized carbons (Fsp3) is 0.643. The molecular weight excluding hydrogens is 254 g/mol. The lowest BCUT2D eigenvalue weighted by molar-refractivity contribution is -0.00539. The van der Waals surface area contributed by atoms with Gasteiger partial charge < -0.3 is 9.64 Å². The molecule has 1 saturated heterocycles. The molecule has 0 saturated carbocycles. The van der Waals surface area contributed by atoms with E-state index >= 15 is 0 Å². The van der Waals surface area contributed by atoms with Crippen molar-refractivity contribution in [2.24, 2.45) is 0 Å². The predicted octanol–water partition coefficient (Wildman–Crippen LogP) is 1.77. The molecule has 6 nitrogen and oxygen atoms in total. The Hall–Kier alpha value is -1.69. The number of anilines is 1. The second-order valence-corrected chi connectivity index (χ2v) is 5.46. The molecule has 0 aromatic carbocycles. The van der Waals surface area contributed by atoms with E-state index in [0.717, 1.165) is 42.2 Å². The first-order valence-corrected chi connectivity index (χ1v) is 7.18. The van der Waals surface area contributed by atoms with E-state index in [0.29, 0.717) is 0 Å². The average molecular weight is 275 g/mol. The molecular formula is C14H21N5O. The van der Waals surface area contributed by atoms with E-state index in [4.69, 9.17) is 4.74 Å². The molecule has 1 aliphatic rings. The lowest BCUT2D eigenvalue weighted by Crippen LogP contribution is -2.46. The number of aromatic nitrogens is 4. The zero-order valence-corrected chi connectivity index (χ0v) is 12.5. The second-order valence-electron chi connectivity index (χ2n) is 5.46. The molecule has 108 valence electrons. The molecule has 1 aliphatic heterocycles. The number of nitrogens with zero attached hydrogens (tertiary/aromatic N) is 5. The zero-order valence-electron chi connectivity index (χ0n) is 12.5. The summed E-state index contributed by atoms with van der Waals surface area (Å²) in [5.41, 5.74) is 2.94. The highest BCUT2D eigenvalue weighted by molar-refractivity contribution is 5.87. The number of hydrogen-bond donors (Lipinski definition) is 0. The van der Waals surface area contributed by atoms with Crippen LogP contribution in [-0.4, -0.2) is 45.0 Å². The first kappa shape index (κ1) is 13.3. The number of fused-ring (bicyclic) bond motifs is 1. The Morgan fingerprint density at radius 3 is 2.60 bits per heavy atom. The van der Waals surface area contributed by atoms with Crippen LogP contribution in [0.4, 0.5) is 5.82 Å². The van der Waals surface area contributed by atoms with Gasteiger partial charge in [0.15, 0.2) is 5.82 Å². The number of hydrogen-bond acceptors (Lipinski definition) is 5. The Kier molecular flexibility index (Phi) is 3.33. The summed E-state index contributed by atoms with van der Waals surface area (Å²) in [5.74, 6) is 0.972. The molecule has 0 bridgehead atoms. The van der Waals surface area contributed by atoms with E-state index in [2.05, 4.69) is 40.7 Å². The third kappa shape index (κ3) is 2.14.